The highest BCUT2D eigenvalue weighted by Gasteiger charge is 2.13. The van der Waals surface area contributed by atoms with Crippen molar-refractivity contribution >= 4 is 27.9 Å². The van der Waals surface area contributed by atoms with Gasteiger partial charge in [-0.25, -0.2) is 4.39 Å². The standard InChI is InChI=1S/C18H15BrFNO4/c19-13-2-4-15(20)12(9-13)1-6-18(22)21-7-8-23-14-3-5-16-17(10-14)25-11-24-16/h1-6,9-10H,7-8,11H2,(H,21,22). The first-order valence-electron chi connectivity index (χ1n) is 7.55. The molecule has 0 saturated carbocycles. The van der Waals surface area contributed by atoms with Crippen LogP contribution in [0.1, 0.15) is 5.56 Å². The van der Waals surface area contributed by atoms with Gasteiger partial charge in [0, 0.05) is 22.2 Å². The third-order valence-electron chi connectivity index (χ3n) is 3.39. The first kappa shape index (κ1) is 17.3. The summed E-state index contributed by atoms with van der Waals surface area (Å²) >= 11 is 3.26. The van der Waals surface area contributed by atoms with E-state index in [4.69, 9.17) is 14.2 Å². The van der Waals surface area contributed by atoms with Gasteiger partial charge in [-0.15, -0.1) is 0 Å². The Kier molecular flexibility index (Phi) is 5.55. The third kappa shape index (κ3) is 4.73. The summed E-state index contributed by atoms with van der Waals surface area (Å²) in [5.41, 5.74) is 0.334. The van der Waals surface area contributed by atoms with Crippen LogP contribution < -0.4 is 19.5 Å². The van der Waals surface area contributed by atoms with Gasteiger partial charge in [0.1, 0.15) is 18.2 Å². The smallest absolute Gasteiger partial charge is 0.244 e. The molecule has 130 valence electrons. The van der Waals surface area contributed by atoms with Crippen molar-refractivity contribution in [1.29, 1.82) is 0 Å². The Morgan fingerprint density at radius 3 is 2.96 bits per heavy atom. The minimum Gasteiger partial charge on any atom is -0.492 e. The van der Waals surface area contributed by atoms with Crippen LogP contribution >= 0.6 is 15.9 Å². The first-order chi connectivity index (χ1) is 12.1. The van der Waals surface area contributed by atoms with Crippen molar-refractivity contribution in [2.75, 3.05) is 19.9 Å². The fourth-order valence-electron chi connectivity index (χ4n) is 2.18. The second-order valence-corrected chi connectivity index (χ2v) is 6.07. The molecular weight excluding hydrogens is 393 g/mol. The third-order valence-corrected chi connectivity index (χ3v) is 3.88. The van der Waals surface area contributed by atoms with Crippen molar-refractivity contribution in [3.63, 3.8) is 0 Å². The molecule has 25 heavy (non-hydrogen) atoms. The minimum absolute atomic E-state index is 0.208. The summed E-state index contributed by atoms with van der Waals surface area (Å²) in [6.45, 7) is 0.822. The van der Waals surface area contributed by atoms with Crippen molar-refractivity contribution in [3.05, 3.63) is 58.3 Å². The van der Waals surface area contributed by atoms with Crippen molar-refractivity contribution in [2.45, 2.75) is 0 Å². The van der Waals surface area contributed by atoms with E-state index in [1.165, 1.54) is 18.2 Å². The van der Waals surface area contributed by atoms with E-state index in [0.29, 0.717) is 36.0 Å². The zero-order valence-corrected chi connectivity index (χ0v) is 14.7. The molecular formula is C18H15BrFNO4. The Labute approximate surface area is 152 Å². The fraction of sp³-hybridized carbons (Fsp3) is 0.167. The summed E-state index contributed by atoms with van der Waals surface area (Å²) < 4.78 is 30.3. The van der Waals surface area contributed by atoms with Crippen LogP contribution in [0.15, 0.2) is 46.9 Å². The number of rotatable bonds is 6. The summed E-state index contributed by atoms with van der Waals surface area (Å²) in [6.07, 6.45) is 2.71. The van der Waals surface area contributed by atoms with E-state index < -0.39 is 5.82 Å². The molecule has 3 rings (SSSR count). The Balaban J connectivity index is 1.43. The van der Waals surface area contributed by atoms with Crippen LogP contribution in [0.2, 0.25) is 0 Å². The monoisotopic (exact) mass is 407 g/mol. The molecule has 0 bridgehead atoms. The van der Waals surface area contributed by atoms with Gasteiger partial charge in [0.25, 0.3) is 0 Å². The van der Waals surface area contributed by atoms with Gasteiger partial charge in [-0.1, -0.05) is 15.9 Å². The van der Waals surface area contributed by atoms with Crippen LogP contribution in [-0.2, 0) is 4.79 Å². The summed E-state index contributed by atoms with van der Waals surface area (Å²) in [5.74, 6) is 1.24. The van der Waals surface area contributed by atoms with Gasteiger partial charge in [-0.3, -0.25) is 4.79 Å². The number of benzene rings is 2. The minimum atomic E-state index is -0.390. The Morgan fingerprint density at radius 1 is 1.24 bits per heavy atom. The van der Waals surface area contributed by atoms with Crippen LogP contribution in [0.4, 0.5) is 4.39 Å². The average molecular weight is 408 g/mol. The van der Waals surface area contributed by atoms with Gasteiger partial charge in [0.2, 0.25) is 12.7 Å². The Morgan fingerprint density at radius 2 is 2.08 bits per heavy atom. The van der Waals surface area contributed by atoms with Crippen LogP contribution in [0.3, 0.4) is 0 Å². The highest BCUT2D eigenvalue weighted by Crippen LogP contribution is 2.34. The molecule has 1 heterocycles. The van der Waals surface area contributed by atoms with E-state index in [2.05, 4.69) is 21.2 Å². The lowest BCUT2D eigenvalue weighted by atomic mass is 10.2. The van der Waals surface area contributed by atoms with Crippen molar-refractivity contribution < 1.29 is 23.4 Å². The average Bonchev–Trinajstić information content (AvgIpc) is 3.07. The van der Waals surface area contributed by atoms with Gasteiger partial charge in [-0.05, 0) is 36.4 Å². The summed E-state index contributed by atoms with van der Waals surface area (Å²) in [6, 6.07) is 9.81. The molecule has 1 aliphatic heterocycles. The number of amides is 1. The molecule has 0 fully saturated rings. The normalized spacial score (nSPS) is 12.4. The summed E-state index contributed by atoms with van der Waals surface area (Å²) in [5, 5.41) is 2.67. The number of ether oxygens (including phenoxy) is 3. The number of carbonyl (C=O) groups is 1. The zero-order chi connectivity index (χ0) is 17.6. The lowest BCUT2D eigenvalue weighted by Crippen LogP contribution is -2.26. The molecule has 5 nitrogen and oxygen atoms in total. The molecule has 1 N–H and O–H groups in total. The summed E-state index contributed by atoms with van der Waals surface area (Å²) in [7, 11) is 0. The van der Waals surface area contributed by atoms with E-state index in [1.807, 2.05) is 0 Å². The lowest BCUT2D eigenvalue weighted by Gasteiger charge is -2.07. The second-order valence-electron chi connectivity index (χ2n) is 5.15. The van der Waals surface area contributed by atoms with E-state index in [-0.39, 0.29) is 12.7 Å². The predicted octanol–water partition coefficient (Wildman–Crippen LogP) is 3.53. The van der Waals surface area contributed by atoms with Crippen LogP contribution in [0, 0.1) is 5.82 Å². The molecule has 0 spiro atoms. The maximum atomic E-state index is 13.6. The predicted molar refractivity (Wildman–Crippen MR) is 94.2 cm³/mol. The number of hydrogen-bond donors (Lipinski definition) is 1. The SMILES string of the molecule is O=C(C=Cc1cc(Br)ccc1F)NCCOc1ccc2c(c1)OCO2. The Hall–Kier alpha value is -2.54. The molecule has 0 aromatic heterocycles. The molecule has 0 radical (unpaired) electrons. The molecule has 1 amide bonds. The highest BCUT2D eigenvalue weighted by molar-refractivity contribution is 9.10. The maximum absolute atomic E-state index is 13.6. The number of hydrogen-bond acceptors (Lipinski definition) is 4. The maximum Gasteiger partial charge on any atom is 0.244 e. The molecule has 1 aliphatic rings. The Bertz CT molecular complexity index is 810. The van der Waals surface area contributed by atoms with E-state index >= 15 is 0 Å². The van der Waals surface area contributed by atoms with Crippen LogP contribution in [0.5, 0.6) is 17.2 Å². The fourth-order valence-corrected chi connectivity index (χ4v) is 2.56. The lowest BCUT2D eigenvalue weighted by molar-refractivity contribution is -0.116. The van der Waals surface area contributed by atoms with E-state index in [1.54, 1.807) is 30.3 Å². The number of fused-ring (bicyclic) bond motifs is 1. The highest BCUT2D eigenvalue weighted by atomic mass is 79.9. The van der Waals surface area contributed by atoms with Crippen molar-refractivity contribution in [2.24, 2.45) is 0 Å². The van der Waals surface area contributed by atoms with Gasteiger partial charge in [-0.2, -0.15) is 0 Å². The van der Waals surface area contributed by atoms with Gasteiger partial charge >= 0.3 is 0 Å². The summed E-state index contributed by atoms with van der Waals surface area (Å²) in [4.78, 5) is 11.8. The molecule has 2 aromatic carbocycles. The molecule has 2 aromatic rings. The largest absolute Gasteiger partial charge is 0.492 e. The topological polar surface area (TPSA) is 56.8 Å². The van der Waals surface area contributed by atoms with Crippen LogP contribution in [0.25, 0.3) is 6.08 Å². The second kappa shape index (κ2) is 8.02. The van der Waals surface area contributed by atoms with E-state index in [0.717, 1.165) is 4.47 Å². The van der Waals surface area contributed by atoms with Crippen molar-refractivity contribution in [3.8, 4) is 17.2 Å². The molecule has 0 aliphatic carbocycles. The van der Waals surface area contributed by atoms with E-state index in [9.17, 15) is 9.18 Å². The first-order valence-corrected chi connectivity index (χ1v) is 8.34. The number of nitrogens with one attached hydrogen (secondary N) is 1. The van der Waals surface area contributed by atoms with Gasteiger partial charge < -0.3 is 19.5 Å². The molecule has 0 atom stereocenters. The van der Waals surface area contributed by atoms with Crippen molar-refractivity contribution in [1.82, 2.24) is 5.32 Å². The number of halogens is 2. The molecule has 0 saturated heterocycles. The van der Waals surface area contributed by atoms with Gasteiger partial charge in [0.05, 0.1) is 6.54 Å². The zero-order valence-electron chi connectivity index (χ0n) is 13.1. The molecule has 0 unspecified atom stereocenters. The van der Waals surface area contributed by atoms with Crippen LogP contribution in [-0.4, -0.2) is 25.9 Å². The quantitative estimate of drug-likeness (QED) is 0.587. The molecule has 7 heteroatoms. The number of carbonyl (C=O) groups excluding carboxylic acids is 1. The van der Waals surface area contributed by atoms with Gasteiger partial charge in [0.15, 0.2) is 11.5 Å².